The van der Waals surface area contributed by atoms with Crippen LogP contribution in [0.2, 0.25) is 5.02 Å². The number of amides is 1. The summed E-state index contributed by atoms with van der Waals surface area (Å²) in [5.41, 5.74) is 6.19. The molecule has 194 valence electrons. The molecule has 9 heteroatoms. The summed E-state index contributed by atoms with van der Waals surface area (Å²) in [5, 5.41) is 12.5. The summed E-state index contributed by atoms with van der Waals surface area (Å²) in [6, 6.07) is 20.9. The topological polar surface area (TPSA) is 81.1 Å². The average molecular weight is 546 g/mol. The van der Waals surface area contributed by atoms with Crippen LogP contribution in [0.25, 0.3) is 0 Å². The van der Waals surface area contributed by atoms with Gasteiger partial charge in [-0.1, -0.05) is 65.3 Å². The first-order chi connectivity index (χ1) is 18.3. The highest BCUT2D eigenvalue weighted by atomic mass is 35.5. The number of nitrogens with one attached hydrogen (secondary N) is 2. The van der Waals surface area contributed by atoms with Crippen molar-refractivity contribution in [2.24, 2.45) is 0 Å². The number of methoxy groups -OCH3 is 1. The van der Waals surface area contributed by atoms with Gasteiger partial charge in [-0.3, -0.25) is 4.79 Å². The Kier molecular flexibility index (Phi) is 7.44. The van der Waals surface area contributed by atoms with Crippen LogP contribution in [0.5, 0.6) is 5.75 Å². The summed E-state index contributed by atoms with van der Waals surface area (Å²) in [6.45, 7) is 5.91. The summed E-state index contributed by atoms with van der Waals surface area (Å²) in [6.07, 6.45) is 0. The van der Waals surface area contributed by atoms with Crippen molar-refractivity contribution < 1.29 is 9.53 Å². The van der Waals surface area contributed by atoms with E-state index in [1.165, 1.54) is 11.8 Å². The number of carbonyl (C=O) groups excluding carboxylic acids is 1. The number of nitrogens with zero attached hydrogens (tertiary/aromatic N) is 3. The highest BCUT2D eigenvalue weighted by Gasteiger charge is 2.34. The Morgan fingerprint density at radius 2 is 1.89 bits per heavy atom. The van der Waals surface area contributed by atoms with Crippen molar-refractivity contribution in [3.8, 4) is 5.75 Å². The van der Waals surface area contributed by atoms with Crippen LogP contribution in [-0.4, -0.2) is 27.8 Å². The van der Waals surface area contributed by atoms with E-state index in [2.05, 4.69) is 16.7 Å². The Bertz CT molecular complexity index is 1530. The molecule has 2 N–H and O–H groups in total. The Labute approximate surface area is 231 Å². The minimum atomic E-state index is -0.476. The molecule has 3 aromatic carbocycles. The highest BCUT2D eigenvalue weighted by Crippen LogP contribution is 2.37. The number of hydrogen-bond donors (Lipinski definition) is 2. The van der Waals surface area contributed by atoms with E-state index in [4.69, 9.17) is 26.4 Å². The third-order valence-electron chi connectivity index (χ3n) is 6.40. The lowest BCUT2D eigenvalue weighted by Gasteiger charge is -2.29. The summed E-state index contributed by atoms with van der Waals surface area (Å²) in [4.78, 5) is 18.5. The molecular weight excluding hydrogens is 518 g/mol. The molecule has 7 nitrogen and oxygen atoms in total. The number of halogens is 1. The first-order valence-corrected chi connectivity index (χ1v) is 13.5. The second-order valence-electron chi connectivity index (χ2n) is 9.19. The van der Waals surface area contributed by atoms with Crippen molar-refractivity contribution >= 4 is 40.9 Å². The number of allylic oxidation sites excluding steroid dienone is 1. The summed E-state index contributed by atoms with van der Waals surface area (Å²) in [7, 11) is 1.63. The van der Waals surface area contributed by atoms with Gasteiger partial charge < -0.3 is 15.4 Å². The van der Waals surface area contributed by atoms with Crippen molar-refractivity contribution in [2.45, 2.75) is 37.7 Å². The number of anilines is 2. The van der Waals surface area contributed by atoms with Gasteiger partial charge in [0.1, 0.15) is 11.8 Å². The Morgan fingerprint density at radius 1 is 1.11 bits per heavy atom. The number of fused-ring (bicyclic) bond motifs is 1. The van der Waals surface area contributed by atoms with Gasteiger partial charge in [-0.15, -0.1) is 5.10 Å². The molecule has 5 rings (SSSR count). The zero-order valence-corrected chi connectivity index (χ0v) is 23.2. The fraction of sp³-hybridized carbons (Fsp3) is 0.207. The first-order valence-electron chi connectivity index (χ1n) is 12.2. The SMILES string of the molecule is COc1ccc(C2C(C(=O)Nc3ccc(C)cc3C)=C(C)Nc3nc(SCc4cccc(Cl)c4)nn32)cc1. The third-order valence-corrected chi connectivity index (χ3v) is 7.54. The largest absolute Gasteiger partial charge is 0.497 e. The van der Waals surface area contributed by atoms with Crippen LogP contribution in [-0.2, 0) is 10.5 Å². The molecule has 0 saturated heterocycles. The fourth-order valence-electron chi connectivity index (χ4n) is 4.50. The molecule has 0 aliphatic carbocycles. The van der Waals surface area contributed by atoms with Crippen LogP contribution in [0.1, 0.15) is 35.2 Å². The summed E-state index contributed by atoms with van der Waals surface area (Å²) in [5.74, 6) is 1.79. The lowest BCUT2D eigenvalue weighted by atomic mass is 9.94. The van der Waals surface area contributed by atoms with Crippen LogP contribution in [0.3, 0.4) is 0 Å². The lowest BCUT2D eigenvalue weighted by Crippen LogP contribution is -2.31. The van der Waals surface area contributed by atoms with Crippen molar-refractivity contribution in [1.29, 1.82) is 0 Å². The van der Waals surface area contributed by atoms with E-state index < -0.39 is 6.04 Å². The van der Waals surface area contributed by atoms with Gasteiger partial charge in [0.15, 0.2) is 0 Å². The molecule has 1 amide bonds. The van der Waals surface area contributed by atoms with Gasteiger partial charge in [-0.25, -0.2) is 4.68 Å². The van der Waals surface area contributed by atoms with Crippen LogP contribution in [0.15, 0.2) is 83.2 Å². The van der Waals surface area contributed by atoms with E-state index in [1.807, 2.05) is 81.4 Å². The molecule has 0 saturated carbocycles. The van der Waals surface area contributed by atoms with Crippen LogP contribution in [0, 0.1) is 13.8 Å². The van der Waals surface area contributed by atoms with E-state index >= 15 is 0 Å². The molecule has 0 spiro atoms. The Balaban J connectivity index is 1.49. The summed E-state index contributed by atoms with van der Waals surface area (Å²) >= 11 is 7.66. The van der Waals surface area contributed by atoms with Gasteiger partial charge in [-0.05, 0) is 67.8 Å². The van der Waals surface area contributed by atoms with Gasteiger partial charge >= 0.3 is 0 Å². The quantitative estimate of drug-likeness (QED) is 0.249. The predicted octanol–water partition coefficient (Wildman–Crippen LogP) is 6.78. The maximum absolute atomic E-state index is 13.8. The number of rotatable bonds is 7. The molecule has 2 heterocycles. The minimum absolute atomic E-state index is 0.197. The smallest absolute Gasteiger partial charge is 0.255 e. The predicted molar refractivity (Wildman–Crippen MR) is 153 cm³/mol. The highest BCUT2D eigenvalue weighted by molar-refractivity contribution is 7.98. The molecule has 1 unspecified atom stereocenters. The molecule has 1 atom stereocenters. The summed E-state index contributed by atoms with van der Waals surface area (Å²) < 4.78 is 7.14. The van der Waals surface area contributed by atoms with Crippen molar-refractivity contribution in [3.05, 3.63) is 105 Å². The van der Waals surface area contributed by atoms with E-state index in [9.17, 15) is 4.79 Å². The van der Waals surface area contributed by atoms with E-state index in [1.54, 1.807) is 11.8 Å². The Morgan fingerprint density at radius 3 is 2.61 bits per heavy atom. The standard InChI is InChI=1S/C29H28ClN5O2S/c1-17-8-13-24(18(2)14-17)32-27(36)25-19(3)31-28-33-29(38-16-20-6-5-7-22(30)15-20)34-35(28)26(25)21-9-11-23(37-4)12-10-21/h5-15,26H,16H2,1-4H3,(H,32,36)(H,31,33,34). The molecule has 0 radical (unpaired) electrons. The number of aryl methyl sites for hydroxylation is 2. The normalized spacial score (nSPS) is 14.6. The monoisotopic (exact) mass is 545 g/mol. The van der Waals surface area contributed by atoms with Crippen LogP contribution in [0.4, 0.5) is 11.6 Å². The number of hydrogen-bond acceptors (Lipinski definition) is 6. The number of aromatic nitrogens is 3. The number of thioether (sulfide) groups is 1. The molecule has 1 aliphatic rings. The zero-order chi connectivity index (χ0) is 26.8. The van der Waals surface area contributed by atoms with Crippen molar-refractivity contribution in [1.82, 2.24) is 14.8 Å². The van der Waals surface area contributed by atoms with Gasteiger partial charge in [-0.2, -0.15) is 4.98 Å². The number of carbonyl (C=O) groups is 1. The molecule has 1 aromatic heterocycles. The molecule has 0 bridgehead atoms. The van der Waals surface area contributed by atoms with Crippen molar-refractivity contribution in [2.75, 3.05) is 17.7 Å². The van der Waals surface area contributed by atoms with Gasteiger partial charge in [0, 0.05) is 22.2 Å². The van der Waals surface area contributed by atoms with Crippen LogP contribution < -0.4 is 15.4 Å². The third kappa shape index (κ3) is 5.42. The molecule has 1 aliphatic heterocycles. The van der Waals surface area contributed by atoms with Gasteiger partial charge in [0.25, 0.3) is 5.91 Å². The fourth-order valence-corrected chi connectivity index (χ4v) is 5.48. The second kappa shape index (κ2) is 10.9. The van der Waals surface area contributed by atoms with Crippen LogP contribution >= 0.6 is 23.4 Å². The maximum atomic E-state index is 13.8. The number of ether oxygens (including phenoxy) is 1. The molecule has 0 fully saturated rings. The average Bonchev–Trinajstić information content (AvgIpc) is 3.30. The maximum Gasteiger partial charge on any atom is 0.255 e. The molecule has 4 aromatic rings. The Hall–Kier alpha value is -3.75. The van der Waals surface area contributed by atoms with Gasteiger partial charge in [0.2, 0.25) is 11.1 Å². The van der Waals surface area contributed by atoms with E-state index in [0.717, 1.165) is 39.4 Å². The lowest BCUT2D eigenvalue weighted by molar-refractivity contribution is -0.113. The van der Waals surface area contributed by atoms with Crippen molar-refractivity contribution in [3.63, 3.8) is 0 Å². The van der Waals surface area contributed by atoms with E-state index in [-0.39, 0.29) is 5.91 Å². The van der Waals surface area contributed by atoms with Gasteiger partial charge in [0.05, 0.1) is 12.7 Å². The number of benzene rings is 3. The second-order valence-corrected chi connectivity index (χ2v) is 10.6. The zero-order valence-electron chi connectivity index (χ0n) is 21.6. The minimum Gasteiger partial charge on any atom is -0.497 e. The first kappa shape index (κ1) is 25.9. The molecule has 38 heavy (non-hydrogen) atoms. The van der Waals surface area contributed by atoms with E-state index in [0.29, 0.717) is 27.5 Å². The molecular formula is C29H28ClN5O2S.